The molecule has 0 aromatic carbocycles. The Morgan fingerprint density at radius 3 is 2.62 bits per heavy atom. The maximum absolute atomic E-state index is 12.4. The number of hydrogen-bond donors (Lipinski definition) is 2. The van der Waals surface area contributed by atoms with Crippen molar-refractivity contribution in [3.05, 3.63) is 11.6 Å². The number of epoxide rings is 1. The molecule has 0 aromatic rings. The van der Waals surface area contributed by atoms with E-state index >= 15 is 0 Å². The van der Waals surface area contributed by atoms with E-state index in [1.807, 2.05) is 6.92 Å². The third-order valence-corrected chi connectivity index (χ3v) is 7.36. The van der Waals surface area contributed by atoms with Gasteiger partial charge in [0, 0.05) is 13.2 Å². The van der Waals surface area contributed by atoms with Gasteiger partial charge in [-0.15, -0.1) is 11.6 Å². The van der Waals surface area contributed by atoms with Gasteiger partial charge in [0.2, 0.25) is 0 Å². The topological polar surface area (TPSA) is 80.3 Å². The van der Waals surface area contributed by atoms with Crippen molar-refractivity contribution in [1.29, 1.82) is 0 Å². The Labute approximate surface area is 179 Å². The summed E-state index contributed by atoms with van der Waals surface area (Å²) in [7, 11) is 1.60. The Morgan fingerprint density at radius 1 is 1.34 bits per heavy atom. The first-order valence-electron chi connectivity index (χ1n) is 10.8. The molecule has 2 aliphatic carbocycles. The maximum Gasteiger partial charge on any atom is 0.320 e. The van der Waals surface area contributed by atoms with Crippen LogP contribution in [-0.4, -0.2) is 66.2 Å². The number of carbonyl (C=O) groups excluding carboxylic acids is 1. The van der Waals surface area contributed by atoms with Crippen LogP contribution >= 0.6 is 11.6 Å². The van der Waals surface area contributed by atoms with E-state index in [9.17, 15) is 9.90 Å². The fourth-order valence-corrected chi connectivity index (χ4v) is 5.18. The predicted molar refractivity (Wildman–Crippen MR) is 112 cm³/mol. The maximum atomic E-state index is 12.4. The van der Waals surface area contributed by atoms with Gasteiger partial charge >= 0.3 is 5.97 Å². The lowest BCUT2D eigenvalue weighted by molar-refractivity contribution is -0.192. The normalized spacial score (nSPS) is 39.5. The highest BCUT2D eigenvalue weighted by Gasteiger charge is 2.67. The van der Waals surface area contributed by atoms with Crippen LogP contribution in [0.1, 0.15) is 59.3 Å². The summed E-state index contributed by atoms with van der Waals surface area (Å²) in [5.74, 6) is -0.559. The number of nitrogens with one attached hydrogen (secondary N) is 1. The number of methoxy groups -OCH3 is 1. The largest absolute Gasteiger partial charge is 0.459 e. The van der Waals surface area contributed by atoms with Crippen molar-refractivity contribution in [3.63, 3.8) is 0 Å². The molecule has 0 amide bonds. The van der Waals surface area contributed by atoms with Crippen LogP contribution in [0.3, 0.4) is 0 Å². The molecule has 3 fully saturated rings. The minimum Gasteiger partial charge on any atom is -0.459 e. The van der Waals surface area contributed by atoms with E-state index < -0.39 is 23.4 Å². The first-order valence-corrected chi connectivity index (χ1v) is 11.3. The zero-order valence-corrected chi connectivity index (χ0v) is 18.8. The summed E-state index contributed by atoms with van der Waals surface area (Å²) < 4.78 is 17.7. The van der Waals surface area contributed by atoms with Gasteiger partial charge in [-0.1, -0.05) is 18.1 Å². The van der Waals surface area contributed by atoms with Crippen molar-refractivity contribution < 1.29 is 24.1 Å². The molecule has 0 bridgehead atoms. The summed E-state index contributed by atoms with van der Waals surface area (Å²) >= 11 is 6.22. The molecule has 7 heteroatoms. The molecule has 6 nitrogen and oxygen atoms in total. The van der Waals surface area contributed by atoms with Crippen molar-refractivity contribution in [2.24, 2.45) is 5.92 Å². The van der Waals surface area contributed by atoms with Crippen LogP contribution in [-0.2, 0) is 19.0 Å². The molecule has 166 valence electrons. The lowest BCUT2D eigenvalue weighted by Gasteiger charge is -2.48. The van der Waals surface area contributed by atoms with Gasteiger partial charge in [-0.05, 0) is 52.9 Å². The molecule has 0 spiro atoms. The van der Waals surface area contributed by atoms with E-state index in [1.54, 1.807) is 7.11 Å². The molecule has 0 aromatic heterocycles. The Balaban J connectivity index is 1.69. The minimum atomic E-state index is -1.12. The van der Waals surface area contributed by atoms with Gasteiger partial charge in [-0.2, -0.15) is 0 Å². The van der Waals surface area contributed by atoms with Crippen molar-refractivity contribution >= 4 is 17.6 Å². The summed E-state index contributed by atoms with van der Waals surface area (Å²) in [5, 5.41) is 14.6. The van der Waals surface area contributed by atoms with Gasteiger partial charge in [0.15, 0.2) is 0 Å². The molecule has 1 saturated heterocycles. The summed E-state index contributed by atoms with van der Waals surface area (Å²) in [6.07, 6.45) is 6.43. The number of carbonyl (C=O) groups is 1. The Hall–Kier alpha value is -0.660. The highest BCUT2D eigenvalue weighted by atomic mass is 35.5. The van der Waals surface area contributed by atoms with Gasteiger partial charge in [0.05, 0.1) is 30.0 Å². The summed E-state index contributed by atoms with van der Waals surface area (Å²) in [6, 6.07) is 0.427. The average Bonchev–Trinajstić information content (AvgIpc) is 3.30. The highest BCUT2D eigenvalue weighted by molar-refractivity contribution is 6.18. The molecular weight excluding hydrogens is 394 g/mol. The van der Waals surface area contributed by atoms with Crippen LogP contribution in [0.15, 0.2) is 11.6 Å². The number of rotatable bonds is 9. The number of hydrogen-bond acceptors (Lipinski definition) is 6. The van der Waals surface area contributed by atoms with E-state index in [0.717, 1.165) is 19.3 Å². The molecule has 3 rings (SSSR count). The number of ether oxygens (including phenoxy) is 3. The minimum absolute atomic E-state index is 0.00970. The van der Waals surface area contributed by atoms with E-state index in [0.29, 0.717) is 18.9 Å². The van der Waals surface area contributed by atoms with Crippen molar-refractivity contribution in [1.82, 2.24) is 5.32 Å². The van der Waals surface area contributed by atoms with E-state index in [1.165, 1.54) is 12.0 Å². The molecular formula is C22H36ClNO5. The number of aliphatic hydroxyl groups is 1. The van der Waals surface area contributed by atoms with Gasteiger partial charge in [0.1, 0.15) is 17.8 Å². The van der Waals surface area contributed by atoms with Crippen molar-refractivity contribution in [3.8, 4) is 0 Å². The van der Waals surface area contributed by atoms with Gasteiger partial charge < -0.3 is 24.6 Å². The van der Waals surface area contributed by atoms with Crippen LogP contribution in [0, 0.1) is 5.92 Å². The van der Waals surface area contributed by atoms with Gasteiger partial charge in [-0.25, -0.2) is 0 Å². The SMILES string of the molecule is CO[C@@H]1[C@H](OC(=O)CNC2CCC2)CC[C@](O)(CCl)[C@H]1[C@]1(C)O[C@@H]1CC=C(C)C. The molecule has 29 heavy (non-hydrogen) atoms. The molecule has 1 heterocycles. The van der Waals surface area contributed by atoms with Crippen molar-refractivity contribution in [2.45, 2.75) is 94.9 Å². The first-order chi connectivity index (χ1) is 13.7. The Kier molecular flexibility index (Phi) is 7.32. The predicted octanol–water partition coefficient (Wildman–Crippen LogP) is 2.95. The Morgan fingerprint density at radius 2 is 2.07 bits per heavy atom. The smallest absolute Gasteiger partial charge is 0.320 e. The lowest BCUT2D eigenvalue weighted by Crippen LogP contribution is -2.61. The molecule has 1 aliphatic heterocycles. The second-order valence-corrected chi connectivity index (χ2v) is 9.57. The fourth-order valence-electron chi connectivity index (χ4n) is 4.88. The molecule has 3 aliphatic rings. The van der Waals surface area contributed by atoms with Crippen LogP contribution in [0.4, 0.5) is 0 Å². The van der Waals surface area contributed by atoms with E-state index in [2.05, 4.69) is 25.2 Å². The molecule has 2 saturated carbocycles. The van der Waals surface area contributed by atoms with E-state index in [-0.39, 0.29) is 30.4 Å². The van der Waals surface area contributed by atoms with Gasteiger partial charge in [-0.3, -0.25) is 4.79 Å². The summed E-state index contributed by atoms with van der Waals surface area (Å²) in [4.78, 5) is 12.4. The monoisotopic (exact) mass is 429 g/mol. The molecule has 0 radical (unpaired) electrons. The third-order valence-electron chi connectivity index (χ3n) is 6.90. The first kappa shape index (κ1) is 23.0. The van der Waals surface area contributed by atoms with Crippen LogP contribution in [0.2, 0.25) is 0 Å². The van der Waals surface area contributed by atoms with Crippen molar-refractivity contribution in [2.75, 3.05) is 19.5 Å². The van der Waals surface area contributed by atoms with Crippen LogP contribution < -0.4 is 5.32 Å². The Bertz CT molecular complexity index is 620. The second kappa shape index (κ2) is 9.23. The lowest BCUT2D eigenvalue weighted by atomic mass is 9.66. The number of alkyl halides is 1. The van der Waals surface area contributed by atoms with Crippen LogP contribution in [0.25, 0.3) is 0 Å². The number of halogens is 1. The van der Waals surface area contributed by atoms with Gasteiger partial charge in [0.25, 0.3) is 0 Å². The summed E-state index contributed by atoms with van der Waals surface area (Å²) in [6.45, 7) is 6.33. The fraction of sp³-hybridized carbons (Fsp3) is 0.864. The zero-order valence-electron chi connectivity index (χ0n) is 18.1. The zero-order chi connectivity index (χ0) is 21.2. The summed E-state index contributed by atoms with van der Waals surface area (Å²) in [5.41, 5.74) is -0.455. The number of esters is 1. The third kappa shape index (κ3) is 4.99. The second-order valence-electron chi connectivity index (χ2n) is 9.30. The number of allylic oxidation sites excluding steroid dienone is 1. The van der Waals surface area contributed by atoms with Crippen LogP contribution in [0.5, 0.6) is 0 Å². The molecule has 6 atom stereocenters. The molecule has 2 N–H and O–H groups in total. The van der Waals surface area contributed by atoms with E-state index in [4.69, 9.17) is 25.8 Å². The highest BCUT2D eigenvalue weighted by Crippen LogP contribution is 2.54. The average molecular weight is 430 g/mol. The molecule has 0 unspecified atom stereocenters. The quantitative estimate of drug-likeness (QED) is 0.254. The standard InChI is InChI=1S/C22H36ClNO5/c1-14(2)8-9-17-21(3,29-17)20-19(27-4)16(10-11-22(20,26)13-23)28-18(25)12-24-15-6-5-7-15/h8,15-17,19-20,24,26H,5-7,9-13H2,1-4H3/t16-,17-,19-,20-,21-,22+/m1/s1.